The quantitative estimate of drug-likeness (QED) is 0.476. The molecule has 0 aromatic heterocycles. The van der Waals surface area contributed by atoms with Crippen molar-refractivity contribution in [2.24, 2.45) is 0 Å². The highest BCUT2D eigenvalue weighted by Crippen LogP contribution is 2.32. The zero-order valence-electron chi connectivity index (χ0n) is 7.85. The molecule has 1 rings (SSSR count). The Morgan fingerprint density at radius 1 is 1.42 bits per heavy atom. The lowest BCUT2D eigenvalue weighted by Crippen LogP contribution is -2.03. The number of carbonyl (C=O) groups is 1. The van der Waals surface area contributed by atoms with E-state index in [4.69, 9.17) is 4.74 Å². The van der Waals surface area contributed by atoms with Crippen molar-refractivity contribution in [2.45, 2.75) is 39.5 Å². The van der Waals surface area contributed by atoms with Crippen molar-refractivity contribution in [3.05, 3.63) is 11.1 Å². The molecule has 0 radical (unpaired) electrons. The predicted octanol–water partition coefficient (Wildman–Crippen LogP) is 2.44. The minimum atomic E-state index is -0.0712. The third-order valence-electron chi connectivity index (χ3n) is 2.11. The Balaban J connectivity index is 2.16. The molecule has 0 saturated heterocycles. The van der Waals surface area contributed by atoms with Gasteiger partial charge < -0.3 is 4.74 Å². The van der Waals surface area contributed by atoms with E-state index in [1.54, 1.807) is 5.57 Å². The van der Waals surface area contributed by atoms with Crippen LogP contribution in [0.15, 0.2) is 11.1 Å². The minimum absolute atomic E-state index is 0.0712. The van der Waals surface area contributed by atoms with Gasteiger partial charge in [-0.15, -0.1) is 0 Å². The Kier molecular flexibility index (Phi) is 3.32. The summed E-state index contributed by atoms with van der Waals surface area (Å²) in [6.45, 7) is 4.44. The van der Waals surface area contributed by atoms with E-state index in [2.05, 4.69) is 6.92 Å². The van der Waals surface area contributed by atoms with E-state index >= 15 is 0 Å². The molecule has 1 aliphatic rings. The highest BCUT2D eigenvalue weighted by molar-refractivity contribution is 5.69. The molecule has 2 nitrogen and oxygen atoms in total. The minimum Gasteiger partial charge on any atom is -0.466 e. The standard InChI is InChI=1S/C10H16O2/c1-3-12-10(11)7-4-8(2)9-5-6-9/h3-7H2,1-2H3. The monoisotopic (exact) mass is 168 g/mol. The fourth-order valence-corrected chi connectivity index (χ4v) is 1.19. The molecule has 1 fully saturated rings. The molecule has 0 amide bonds. The topological polar surface area (TPSA) is 26.3 Å². The average Bonchev–Trinajstić information content (AvgIpc) is 2.83. The summed E-state index contributed by atoms with van der Waals surface area (Å²) in [6.07, 6.45) is 3.92. The first-order valence-corrected chi connectivity index (χ1v) is 4.57. The summed E-state index contributed by atoms with van der Waals surface area (Å²) in [7, 11) is 0. The summed E-state index contributed by atoms with van der Waals surface area (Å²) in [6, 6.07) is 0. The molecule has 0 spiro atoms. The molecule has 0 N–H and O–H groups in total. The summed E-state index contributed by atoms with van der Waals surface area (Å²) in [5, 5.41) is 0. The average molecular weight is 168 g/mol. The van der Waals surface area contributed by atoms with E-state index in [9.17, 15) is 4.79 Å². The van der Waals surface area contributed by atoms with Crippen molar-refractivity contribution < 1.29 is 9.53 Å². The predicted molar refractivity (Wildman–Crippen MR) is 47.8 cm³/mol. The van der Waals surface area contributed by atoms with Crippen LogP contribution in [0, 0.1) is 0 Å². The lowest BCUT2D eigenvalue weighted by molar-refractivity contribution is -0.143. The number of allylic oxidation sites excluding steroid dienone is 2. The fraction of sp³-hybridized carbons (Fsp3) is 0.700. The number of esters is 1. The Hall–Kier alpha value is -0.790. The van der Waals surface area contributed by atoms with Gasteiger partial charge in [0.05, 0.1) is 6.61 Å². The first kappa shape index (κ1) is 9.30. The molecule has 0 aromatic carbocycles. The van der Waals surface area contributed by atoms with Gasteiger partial charge in [0.1, 0.15) is 0 Å². The van der Waals surface area contributed by atoms with E-state index in [1.165, 1.54) is 18.4 Å². The Morgan fingerprint density at radius 2 is 2.08 bits per heavy atom. The third kappa shape index (κ3) is 3.07. The largest absolute Gasteiger partial charge is 0.466 e. The molecule has 1 aliphatic carbocycles. The maximum Gasteiger partial charge on any atom is 0.306 e. The molecule has 68 valence electrons. The molecule has 0 unspecified atom stereocenters. The van der Waals surface area contributed by atoms with Crippen LogP contribution in [0.25, 0.3) is 0 Å². The van der Waals surface area contributed by atoms with Crippen molar-refractivity contribution in [3.63, 3.8) is 0 Å². The lowest BCUT2D eigenvalue weighted by atomic mass is 10.1. The van der Waals surface area contributed by atoms with Gasteiger partial charge in [0.15, 0.2) is 0 Å². The number of hydrogen-bond acceptors (Lipinski definition) is 2. The van der Waals surface area contributed by atoms with Gasteiger partial charge in [0.25, 0.3) is 0 Å². The number of hydrogen-bond donors (Lipinski definition) is 0. The second kappa shape index (κ2) is 4.29. The van der Waals surface area contributed by atoms with Crippen LogP contribution in [-0.4, -0.2) is 12.6 Å². The van der Waals surface area contributed by atoms with Crippen molar-refractivity contribution in [3.8, 4) is 0 Å². The van der Waals surface area contributed by atoms with Crippen LogP contribution in [0.1, 0.15) is 39.5 Å². The van der Waals surface area contributed by atoms with Crippen LogP contribution in [0.5, 0.6) is 0 Å². The molecule has 0 aliphatic heterocycles. The summed E-state index contributed by atoms with van der Waals surface area (Å²) < 4.78 is 4.83. The Bertz CT molecular complexity index is 198. The molecule has 0 atom stereocenters. The second-order valence-electron chi connectivity index (χ2n) is 3.19. The van der Waals surface area contributed by atoms with Crippen molar-refractivity contribution in [1.82, 2.24) is 0 Å². The molecule has 0 aromatic rings. The Labute approximate surface area is 73.6 Å². The van der Waals surface area contributed by atoms with Crippen molar-refractivity contribution in [1.29, 1.82) is 0 Å². The highest BCUT2D eigenvalue weighted by Gasteiger charge is 2.15. The van der Waals surface area contributed by atoms with Gasteiger partial charge in [-0.25, -0.2) is 0 Å². The van der Waals surface area contributed by atoms with Crippen LogP contribution < -0.4 is 0 Å². The maximum absolute atomic E-state index is 10.9. The number of ether oxygens (including phenoxy) is 1. The zero-order chi connectivity index (χ0) is 8.97. The smallest absolute Gasteiger partial charge is 0.306 e. The van der Waals surface area contributed by atoms with Gasteiger partial charge in [-0.05, 0) is 33.1 Å². The van der Waals surface area contributed by atoms with Crippen molar-refractivity contribution >= 4 is 5.97 Å². The lowest BCUT2D eigenvalue weighted by Gasteiger charge is -2.01. The number of carbonyl (C=O) groups excluding carboxylic acids is 1. The molecular formula is C10H16O2. The molecule has 2 heteroatoms. The molecule has 12 heavy (non-hydrogen) atoms. The van der Waals surface area contributed by atoms with Gasteiger partial charge in [0.2, 0.25) is 0 Å². The number of rotatable bonds is 4. The SMILES string of the molecule is CCOC(=O)CCC(C)=C1CC1. The first-order valence-electron chi connectivity index (χ1n) is 4.57. The second-order valence-corrected chi connectivity index (χ2v) is 3.19. The highest BCUT2D eigenvalue weighted by atomic mass is 16.5. The van der Waals surface area contributed by atoms with E-state index < -0.39 is 0 Å². The van der Waals surface area contributed by atoms with Gasteiger partial charge in [-0.3, -0.25) is 4.79 Å². The first-order chi connectivity index (χ1) is 5.74. The van der Waals surface area contributed by atoms with Crippen LogP contribution in [0.3, 0.4) is 0 Å². The van der Waals surface area contributed by atoms with Gasteiger partial charge in [-0.1, -0.05) is 11.1 Å². The molecule has 0 bridgehead atoms. The van der Waals surface area contributed by atoms with Crippen LogP contribution in [-0.2, 0) is 9.53 Å². The Morgan fingerprint density at radius 3 is 2.58 bits per heavy atom. The van der Waals surface area contributed by atoms with Crippen LogP contribution >= 0.6 is 0 Å². The van der Waals surface area contributed by atoms with Gasteiger partial charge >= 0.3 is 5.97 Å². The van der Waals surface area contributed by atoms with E-state index in [0.29, 0.717) is 13.0 Å². The van der Waals surface area contributed by atoms with E-state index in [1.807, 2.05) is 6.92 Å². The molecular weight excluding hydrogens is 152 g/mol. The maximum atomic E-state index is 10.9. The summed E-state index contributed by atoms with van der Waals surface area (Å²) in [4.78, 5) is 10.9. The fourth-order valence-electron chi connectivity index (χ4n) is 1.19. The third-order valence-corrected chi connectivity index (χ3v) is 2.11. The molecule has 1 saturated carbocycles. The van der Waals surface area contributed by atoms with Gasteiger partial charge in [-0.2, -0.15) is 0 Å². The van der Waals surface area contributed by atoms with Crippen LogP contribution in [0.4, 0.5) is 0 Å². The van der Waals surface area contributed by atoms with E-state index in [-0.39, 0.29) is 5.97 Å². The summed E-state index contributed by atoms with van der Waals surface area (Å²) >= 11 is 0. The van der Waals surface area contributed by atoms with E-state index in [0.717, 1.165) is 6.42 Å². The molecule has 0 heterocycles. The normalized spacial score (nSPS) is 14.3. The van der Waals surface area contributed by atoms with Crippen LogP contribution in [0.2, 0.25) is 0 Å². The summed E-state index contributed by atoms with van der Waals surface area (Å²) in [5.41, 5.74) is 2.93. The van der Waals surface area contributed by atoms with Crippen molar-refractivity contribution in [2.75, 3.05) is 6.61 Å². The zero-order valence-corrected chi connectivity index (χ0v) is 7.85. The van der Waals surface area contributed by atoms with Gasteiger partial charge in [0, 0.05) is 6.42 Å². The summed E-state index contributed by atoms with van der Waals surface area (Å²) in [5.74, 6) is -0.0712.